The number of rotatable bonds is 5. The lowest BCUT2D eigenvalue weighted by atomic mass is 9.99. The Labute approximate surface area is 170 Å². The van der Waals surface area contributed by atoms with E-state index in [0.717, 1.165) is 25.6 Å². The smallest absolute Gasteiger partial charge is 0.339 e. The standard InChI is InChI=1S/C22H25ClN2O3/c1-15-9-11-25(12-10-15)14-16-3-5-17(6-4-16)21(26)24-18-7-8-20(23)19(13-18)22(27)28-2/h3-8,13,15H,9-12,14H2,1-2H3,(H,24,26). The van der Waals surface area contributed by atoms with Gasteiger partial charge in [0.15, 0.2) is 0 Å². The fourth-order valence-corrected chi connectivity index (χ4v) is 3.51. The second-order valence-electron chi connectivity index (χ2n) is 7.30. The molecule has 1 aliphatic rings. The highest BCUT2D eigenvalue weighted by Crippen LogP contribution is 2.22. The number of ether oxygens (including phenoxy) is 1. The number of nitrogens with one attached hydrogen (secondary N) is 1. The molecule has 0 bridgehead atoms. The summed E-state index contributed by atoms with van der Waals surface area (Å²) >= 11 is 6.01. The normalized spacial score (nSPS) is 15.2. The molecule has 3 rings (SSSR count). The molecule has 1 aliphatic heterocycles. The van der Waals surface area contributed by atoms with Gasteiger partial charge in [0.1, 0.15) is 0 Å². The highest BCUT2D eigenvalue weighted by molar-refractivity contribution is 6.33. The maximum atomic E-state index is 12.5. The summed E-state index contributed by atoms with van der Waals surface area (Å²) in [4.78, 5) is 26.7. The van der Waals surface area contributed by atoms with Gasteiger partial charge in [0.05, 0.1) is 17.7 Å². The van der Waals surface area contributed by atoms with Crippen LogP contribution in [0.2, 0.25) is 5.02 Å². The number of piperidine rings is 1. The summed E-state index contributed by atoms with van der Waals surface area (Å²) in [5.41, 5.74) is 2.46. The van der Waals surface area contributed by atoms with E-state index in [0.29, 0.717) is 11.3 Å². The molecule has 0 unspecified atom stereocenters. The van der Waals surface area contributed by atoms with Crippen LogP contribution in [0.3, 0.4) is 0 Å². The van der Waals surface area contributed by atoms with Gasteiger partial charge in [-0.25, -0.2) is 4.79 Å². The zero-order valence-electron chi connectivity index (χ0n) is 16.2. The summed E-state index contributed by atoms with van der Waals surface area (Å²) in [7, 11) is 1.29. The second-order valence-corrected chi connectivity index (χ2v) is 7.70. The first-order valence-electron chi connectivity index (χ1n) is 9.47. The van der Waals surface area contributed by atoms with Crippen molar-refractivity contribution in [2.24, 2.45) is 5.92 Å². The molecular formula is C22H25ClN2O3. The van der Waals surface area contributed by atoms with Crippen LogP contribution in [-0.2, 0) is 11.3 Å². The number of methoxy groups -OCH3 is 1. The summed E-state index contributed by atoms with van der Waals surface area (Å²) in [6.45, 7) is 5.47. The molecule has 6 heteroatoms. The van der Waals surface area contributed by atoms with Crippen molar-refractivity contribution < 1.29 is 14.3 Å². The van der Waals surface area contributed by atoms with Crippen molar-refractivity contribution >= 4 is 29.2 Å². The third-order valence-corrected chi connectivity index (χ3v) is 5.46. The van der Waals surface area contributed by atoms with Crippen molar-refractivity contribution in [3.8, 4) is 0 Å². The van der Waals surface area contributed by atoms with E-state index in [2.05, 4.69) is 17.1 Å². The van der Waals surface area contributed by atoms with Crippen molar-refractivity contribution in [2.45, 2.75) is 26.3 Å². The van der Waals surface area contributed by atoms with Crippen molar-refractivity contribution in [2.75, 3.05) is 25.5 Å². The summed E-state index contributed by atoms with van der Waals surface area (Å²) in [5.74, 6) is 0.0314. The van der Waals surface area contributed by atoms with E-state index < -0.39 is 5.97 Å². The number of nitrogens with zero attached hydrogens (tertiary/aromatic N) is 1. The highest BCUT2D eigenvalue weighted by Gasteiger charge is 2.16. The Bertz CT molecular complexity index is 843. The Morgan fingerprint density at radius 3 is 2.46 bits per heavy atom. The van der Waals surface area contributed by atoms with Gasteiger partial charge in [-0.05, 0) is 67.7 Å². The third kappa shape index (κ3) is 5.12. The predicted molar refractivity (Wildman–Crippen MR) is 111 cm³/mol. The minimum atomic E-state index is -0.544. The van der Waals surface area contributed by atoms with E-state index in [1.54, 1.807) is 12.1 Å². The zero-order valence-corrected chi connectivity index (χ0v) is 17.0. The van der Waals surface area contributed by atoms with Crippen LogP contribution < -0.4 is 5.32 Å². The molecule has 1 heterocycles. The Kier molecular flexibility index (Phi) is 6.70. The van der Waals surface area contributed by atoms with E-state index >= 15 is 0 Å². The lowest BCUT2D eigenvalue weighted by molar-refractivity contribution is 0.0600. The molecule has 1 amide bonds. The Morgan fingerprint density at radius 1 is 1.14 bits per heavy atom. The molecule has 0 aliphatic carbocycles. The number of halogens is 1. The van der Waals surface area contributed by atoms with E-state index in [9.17, 15) is 9.59 Å². The largest absolute Gasteiger partial charge is 0.465 e. The molecule has 28 heavy (non-hydrogen) atoms. The molecule has 5 nitrogen and oxygen atoms in total. The topological polar surface area (TPSA) is 58.6 Å². The average Bonchev–Trinajstić information content (AvgIpc) is 2.71. The monoisotopic (exact) mass is 400 g/mol. The molecule has 1 N–H and O–H groups in total. The molecule has 0 saturated carbocycles. The summed E-state index contributed by atoms with van der Waals surface area (Å²) in [5, 5.41) is 3.07. The molecule has 2 aromatic rings. The van der Waals surface area contributed by atoms with E-state index in [4.69, 9.17) is 16.3 Å². The van der Waals surface area contributed by atoms with Gasteiger partial charge < -0.3 is 10.1 Å². The first-order valence-corrected chi connectivity index (χ1v) is 9.84. The fraction of sp³-hybridized carbons (Fsp3) is 0.364. The third-order valence-electron chi connectivity index (χ3n) is 5.13. The number of hydrogen-bond donors (Lipinski definition) is 1. The van der Waals surface area contributed by atoms with Crippen molar-refractivity contribution in [3.05, 3.63) is 64.2 Å². The van der Waals surface area contributed by atoms with Gasteiger partial charge in [-0.2, -0.15) is 0 Å². The van der Waals surface area contributed by atoms with Crippen LogP contribution in [0.4, 0.5) is 5.69 Å². The van der Waals surface area contributed by atoms with Crippen LogP contribution >= 0.6 is 11.6 Å². The van der Waals surface area contributed by atoms with Gasteiger partial charge in [-0.1, -0.05) is 30.7 Å². The first-order chi connectivity index (χ1) is 13.5. The molecule has 148 valence electrons. The summed E-state index contributed by atoms with van der Waals surface area (Å²) in [6, 6.07) is 12.4. The van der Waals surface area contributed by atoms with E-state index in [1.807, 2.05) is 24.3 Å². The van der Waals surface area contributed by atoms with Crippen molar-refractivity contribution in [3.63, 3.8) is 0 Å². The Morgan fingerprint density at radius 2 is 1.82 bits per heavy atom. The fourth-order valence-electron chi connectivity index (χ4n) is 3.31. The first kappa shape index (κ1) is 20.4. The molecule has 0 radical (unpaired) electrons. The van der Waals surface area contributed by atoms with Crippen LogP contribution in [0.25, 0.3) is 0 Å². The van der Waals surface area contributed by atoms with Gasteiger partial charge in [-0.3, -0.25) is 9.69 Å². The predicted octanol–water partition coefficient (Wildman–Crippen LogP) is 4.61. The Hall–Kier alpha value is -2.37. The van der Waals surface area contributed by atoms with Gasteiger partial charge in [0.25, 0.3) is 5.91 Å². The molecule has 1 fully saturated rings. The van der Waals surface area contributed by atoms with Gasteiger partial charge >= 0.3 is 5.97 Å². The maximum absolute atomic E-state index is 12.5. The molecule has 0 aromatic heterocycles. The minimum absolute atomic E-state index is 0.216. The van der Waals surface area contributed by atoms with Crippen molar-refractivity contribution in [1.29, 1.82) is 0 Å². The number of carbonyl (C=O) groups is 2. The summed E-state index contributed by atoms with van der Waals surface area (Å²) < 4.78 is 4.70. The average molecular weight is 401 g/mol. The van der Waals surface area contributed by atoms with Crippen LogP contribution in [0.15, 0.2) is 42.5 Å². The van der Waals surface area contributed by atoms with Crippen LogP contribution in [0, 0.1) is 5.92 Å². The number of amides is 1. The lowest BCUT2D eigenvalue weighted by Gasteiger charge is -2.30. The van der Waals surface area contributed by atoms with E-state index in [1.165, 1.54) is 31.6 Å². The molecule has 2 aromatic carbocycles. The van der Waals surface area contributed by atoms with Gasteiger partial charge in [-0.15, -0.1) is 0 Å². The minimum Gasteiger partial charge on any atom is -0.465 e. The quantitative estimate of drug-likeness (QED) is 0.744. The number of esters is 1. The SMILES string of the molecule is COC(=O)c1cc(NC(=O)c2ccc(CN3CCC(C)CC3)cc2)ccc1Cl. The summed E-state index contributed by atoms with van der Waals surface area (Å²) in [6.07, 6.45) is 2.49. The van der Waals surface area contributed by atoms with Gasteiger partial charge in [0.2, 0.25) is 0 Å². The maximum Gasteiger partial charge on any atom is 0.339 e. The highest BCUT2D eigenvalue weighted by atomic mass is 35.5. The number of benzene rings is 2. The molecular weight excluding hydrogens is 376 g/mol. The van der Waals surface area contributed by atoms with Gasteiger partial charge in [0, 0.05) is 17.8 Å². The zero-order chi connectivity index (χ0) is 20.1. The number of hydrogen-bond acceptors (Lipinski definition) is 4. The number of carbonyl (C=O) groups excluding carboxylic acids is 2. The van der Waals surface area contributed by atoms with Crippen molar-refractivity contribution in [1.82, 2.24) is 4.90 Å². The molecule has 1 saturated heterocycles. The molecule has 0 atom stereocenters. The van der Waals surface area contributed by atoms with E-state index in [-0.39, 0.29) is 16.5 Å². The Balaban J connectivity index is 1.62. The molecule has 0 spiro atoms. The number of anilines is 1. The van der Waals surface area contributed by atoms with Crippen LogP contribution in [-0.4, -0.2) is 37.0 Å². The number of likely N-dealkylation sites (tertiary alicyclic amines) is 1. The lowest BCUT2D eigenvalue weighted by Crippen LogP contribution is -2.32. The second kappa shape index (κ2) is 9.22. The van der Waals surface area contributed by atoms with Crippen LogP contribution in [0.1, 0.15) is 46.0 Å². The van der Waals surface area contributed by atoms with Crippen LogP contribution in [0.5, 0.6) is 0 Å².